The van der Waals surface area contributed by atoms with Crippen molar-refractivity contribution in [3.05, 3.63) is 58.8 Å². The third kappa shape index (κ3) is 3.57. The summed E-state index contributed by atoms with van der Waals surface area (Å²) in [6, 6.07) is 10.3. The predicted octanol–water partition coefficient (Wildman–Crippen LogP) is 5.14. The lowest BCUT2D eigenvalue weighted by atomic mass is 10.0. The zero-order valence-electron chi connectivity index (χ0n) is 16.3. The number of amides is 1. The molecule has 2 heterocycles. The Balaban J connectivity index is 1.48. The number of anilines is 2. The molecule has 4 heteroatoms. The second-order valence-electron chi connectivity index (χ2n) is 7.61. The molecule has 1 N–H and O–H groups in total. The number of rotatable bonds is 4. The summed E-state index contributed by atoms with van der Waals surface area (Å²) in [6.07, 6.45) is 4.53. The van der Waals surface area contributed by atoms with Crippen LogP contribution < -0.4 is 10.2 Å². The van der Waals surface area contributed by atoms with Crippen LogP contribution in [0.5, 0.6) is 0 Å². The van der Waals surface area contributed by atoms with Gasteiger partial charge in [0.05, 0.1) is 12.7 Å². The van der Waals surface area contributed by atoms with E-state index in [4.69, 9.17) is 4.42 Å². The van der Waals surface area contributed by atoms with Gasteiger partial charge in [0.1, 0.15) is 5.58 Å². The Labute approximate surface area is 160 Å². The van der Waals surface area contributed by atoms with E-state index >= 15 is 0 Å². The number of hydrogen-bond donors (Lipinski definition) is 1. The monoisotopic (exact) mass is 362 g/mol. The van der Waals surface area contributed by atoms with Gasteiger partial charge in [-0.2, -0.15) is 0 Å². The number of furan rings is 1. The van der Waals surface area contributed by atoms with Crippen LogP contribution in [0.25, 0.3) is 11.0 Å². The summed E-state index contributed by atoms with van der Waals surface area (Å²) in [5.74, 6) is -0.0238. The number of benzene rings is 2. The van der Waals surface area contributed by atoms with Gasteiger partial charge in [-0.1, -0.05) is 0 Å². The molecule has 0 saturated carbocycles. The molecular weight excluding hydrogens is 336 g/mol. The molecule has 2 aromatic carbocycles. The first-order valence-electron chi connectivity index (χ1n) is 9.64. The molecule has 3 aromatic rings. The van der Waals surface area contributed by atoms with Crippen LogP contribution in [0.2, 0.25) is 0 Å². The quantitative estimate of drug-likeness (QED) is 0.699. The van der Waals surface area contributed by atoms with Crippen LogP contribution in [0.1, 0.15) is 35.1 Å². The average Bonchev–Trinajstić information content (AvgIpc) is 3.27. The first kappa shape index (κ1) is 17.7. The number of nitrogens with one attached hydrogen (secondary N) is 1. The summed E-state index contributed by atoms with van der Waals surface area (Å²) in [5, 5.41) is 4.05. The highest BCUT2D eigenvalue weighted by molar-refractivity contribution is 5.95. The van der Waals surface area contributed by atoms with Crippen LogP contribution in [-0.4, -0.2) is 19.0 Å². The van der Waals surface area contributed by atoms with Gasteiger partial charge in [0, 0.05) is 35.4 Å². The fraction of sp³-hybridized carbons (Fsp3) is 0.348. The fourth-order valence-corrected chi connectivity index (χ4v) is 3.90. The van der Waals surface area contributed by atoms with Gasteiger partial charge in [-0.25, -0.2) is 0 Å². The minimum absolute atomic E-state index is 0.0238. The molecule has 27 heavy (non-hydrogen) atoms. The first-order chi connectivity index (χ1) is 13.0. The largest absolute Gasteiger partial charge is 0.464 e. The molecule has 4 nitrogen and oxygen atoms in total. The topological polar surface area (TPSA) is 45.5 Å². The Hall–Kier alpha value is -2.75. The van der Waals surface area contributed by atoms with Crippen molar-refractivity contribution in [2.45, 2.75) is 40.0 Å². The van der Waals surface area contributed by atoms with Gasteiger partial charge >= 0.3 is 0 Å². The van der Waals surface area contributed by atoms with Crippen LogP contribution >= 0.6 is 0 Å². The van der Waals surface area contributed by atoms with E-state index in [1.807, 2.05) is 12.1 Å². The minimum Gasteiger partial charge on any atom is -0.464 e. The van der Waals surface area contributed by atoms with E-state index in [2.05, 4.69) is 49.2 Å². The molecule has 1 aliphatic heterocycles. The summed E-state index contributed by atoms with van der Waals surface area (Å²) in [5.41, 5.74) is 7.50. The van der Waals surface area contributed by atoms with E-state index in [1.54, 1.807) is 6.26 Å². The summed E-state index contributed by atoms with van der Waals surface area (Å²) in [7, 11) is 0. The molecule has 0 aliphatic carbocycles. The molecule has 0 radical (unpaired) electrons. The van der Waals surface area contributed by atoms with Crippen LogP contribution in [0, 0.1) is 20.8 Å². The lowest BCUT2D eigenvalue weighted by Crippen LogP contribution is -2.19. The van der Waals surface area contributed by atoms with Crippen molar-refractivity contribution in [1.82, 2.24) is 0 Å². The minimum atomic E-state index is -0.0238. The van der Waals surface area contributed by atoms with Crippen LogP contribution in [-0.2, 0) is 11.2 Å². The van der Waals surface area contributed by atoms with Gasteiger partial charge in [-0.3, -0.25) is 4.79 Å². The number of hydrogen-bond acceptors (Lipinski definition) is 3. The normalized spacial score (nSPS) is 14.1. The molecule has 0 bridgehead atoms. The van der Waals surface area contributed by atoms with E-state index in [0.717, 1.165) is 35.3 Å². The van der Waals surface area contributed by atoms with E-state index in [-0.39, 0.29) is 5.91 Å². The van der Waals surface area contributed by atoms with Crippen molar-refractivity contribution in [2.24, 2.45) is 0 Å². The third-order valence-corrected chi connectivity index (χ3v) is 5.55. The molecule has 1 fully saturated rings. The lowest BCUT2D eigenvalue weighted by Gasteiger charge is -2.20. The van der Waals surface area contributed by atoms with Crippen molar-refractivity contribution in [3.8, 4) is 0 Å². The third-order valence-electron chi connectivity index (χ3n) is 5.55. The number of nitrogens with zero attached hydrogens (tertiary/aromatic N) is 1. The van der Waals surface area contributed by atoms with E-state index in [1.165, 1.54) is 35.2 Å². The molecule has 0 unspecified atom stereocenters. The van der Waals surface area contributed by atoms with Crippen LogP contribution in [0.4, 0.5) is 11.4 Å². The number of aryl methyl sites for hydroxylation is 3. The Kier molecular flexibility index (Phi) is 4.65. The Morgan fingerprint density at radius 1 is 1.04 bits per heavy atom. The molecule has 1 aromatic heterocycles. The number of fused-ring (bicyclic) bond motifs is 1. The molecular formula is C23H26N2O2. The number of carbonyl (C=O) groups excluding carboxylic acids is 1. The van der Waals surface area contributed by atoms with Crippen molar-refractivity contribution in [3.63, 3.8) is 0 Å². The summed E-state index contributed by atoms with van der Waals surface area (Å²) >= 11 is 0. The van der Waals surface area contributed by atoms with Crippen molar-refractivity contribution in [2.75, 3.05) is 23.3 Å². The SMILES string of the molecule is Cc1cc2occ(CC(=O)Nc3ccc(N4CCCC4)c(C)c3)c2cc1C. The standard InChI is InChI=1S/C23H26N2O2/c1-15-11-20-18(14-27-22(20)12-16(15)2)13-23(26)24-19-6-7-21(17(3)10-19)25-8-4-5-9-25/h6-7,10-12,14H,4-5,8-9,13H2,1-3H3,(H,24,26). The second-order valence-corrected chi connectivity index (χ2v) is 7.61. The lowest BCUT2D eigenvalue weighted by molar-refractivity contribution is -0.115. The van der Waals surface area contributed by atoms with Crippen molar-refractivity contribution < 1.29 is 9.21 Å². The maximum absolute atomic E-state index is 12.6. The highest BCUT2D eigenvalue weighted by Gasteiger charge is 2.15. The highest BCUT2D eigenvalue weighted by Crippen LogP contribution is 2.28. The molecule has 4 rings (SSSR count). The van der Waals surface area contributed by atoms with Crippen LogP contribution in [0.15, 0.2) is 41.0 Å². The molecule has 0 spiro atoms. The highest BCUT2D eigenvalue weighted by atomic mass is 16.3. The Morgan fingerprint density at radius 3 is 2.52 bits per heavy atom. The molecule has 140 valence electrons. The maximum Gasteiger partial charge on any atom is 0.228 e. The average molecular weight is 362 g/mol. The van der Waals surface area contributed by atoms with Gasteiger partial charge in [-0.15, -0.1) is 0 Å². The van der Waals surface area contributed by atoms with Gasteiger partial charge in [-0.05, 0) is 80.6 Å². The number of carbonyl (C=O) groups is 1. The zero-order chi connectivity index (χ0) is 19.0. The predicted molar refractivity (Wildman–Crippen MR) is 111 cm³/mol. The summed E-state index contributed by atoms with van der Waals surface area (Å²) in [6.45, 7) is 8.50. The first-order valence-corrected chi connectivity index (χ1v) is 9.64. The zero-order valence-corrected chi connectivity index (χ0v) is 16.3. The van der Waals surface area contributed by atoms with Crippen molar-refractivity contribution in [1.29, 1.82) is 0 Å². The smallest absolute Gasteiger partial charge is 0.228 e. The summed E-state index contributed by atoms with van der Waals surface area (Å²) in [4.78, 5) is 15.0. The second kappa shape index (κ2) is 7.10. The maximum atomic E-state index is 12.6. The van der Waals surface area contributed by atoms with E-state index < -0.39 is 0 Å². The van der Waals surface area contributed by atoms with Gasteiger partial charge in [0.15, 0.2) is 0 Å². The van der Waals surface area contributed by atoms with E-state index in [0.29, 0.717) is 6.42 Å². The molecule has 1 amide bonds. The van der Waals surface area contributed by atoms with Crippen LogP contribution in [0.3, 0.4) is 0 Å². The molecule has 1 aliphatic rings. The molecule has 0 atom stereocenters. The van der Waals surface area contributed by atoms with Gasteiger partial charge in [0.2, 0.25) is 5.91 Å². The summed E-state index contributed by atoms with van der Waals surface area (Å²) < 4.78 is 5.64. The fourth-order valence-electron chi connectivity index (χ4n) is 3.90. The molecule has 1 saturated heterocycles. The van der Waals surface area contributed by atoms with Crippen molar-refractivity contribution >= 4 is 28.3 Å². The Bertz CT molecular complexity index is 997. The Morgan fingerprint density at radius 2 is 1.78 bits per heavy atom. The van der Waals surface area contributed by atoms with E-state index in [9.17, 15) is 4.79 Å². The van der Waals surface area contributed by atoms with Gasteiger partial charge in [0.25, 0.3) is 0 Å². The van der Waals surface area contributed by atoms with Gasteiger partial charge < -0.3 is 14.6 Å².